The summed E-state index contributed by atoms with van der Waals surface area (Å²) in [6.07, 6.45) is 0. The molecule has 1 heterocycles. The average Bonchev–Trinajstić information content (AvgIpc) is 3.08. The summed E-state index contributed by atoms with van der Waals surface area (Å²) in [6, 6.07) is 13.5. The number of thioether (sulfide) groups is 1. The number of ether oxygens (including phenoxy) is 1. The lowest BCUT2D eigenvalue weighted by atomic mass is 10.0. The van der Waals surface area contributed by atoms with Crippen molar-refractivity contribution in [3.05, 3.63) is 52.5 Å². The minimum atomic E-state index is -0.0757. The van der Waals surface area contributed by atoms with Crippen LogP contribution >= 0.6 is 27.7 Å². The number of nitrogens with zero attached hydrogens (tertiary/aromatic N) is 3. The number of amides is 1. The van der Waals surface area contributed by atoms with Gasteiger partial charge in [0.15, 0.2) is 11.0 Å². The van der Waals surface area contributed by atoms with Gasteiger partial charge in [-0.25, -0.2) is 0 Å². The number of hydrogen-bond acceptors (Lipinski definition) is 5. The molecular formula is C21H23BrN4O2S. The molecule has 0 spiro atoms. The van der Waals surface area contributed by atoms with Gasteiger partial charge in [0.1, 0.15) is 5.75 Å². The van der Waals surface area contributed by atoms with Crippen molar-refractivity contribution in [2.24, 2.45) is 7.05 Å². The second-order valence-corrected chi connectivity index (χ2v) is 8.67. The van der Waals surface area contributed by atoms with Gasteiger partial charge in [-0.15, -0.1) is 10.2 Å². The molecule has 1 amide bonds. The molecule has 0 atom stereocenters. The lowest BCUT2D eigenvalue weighted by Crippen LogP contribution is -2.16. The van der Waals surface area contributed by atoms with E-state index in [9.17, 15) is 4.79 Å². The first-order valence-corrected chi connectivity index (χ1v) is 10.9. The molecule has 0 radical (unpaired) electrons. The van der Waals surface area contributed by atoms with Crippen LogP contribution in [-0.2, 0) is 11.8 Å². The Labute approximate surface area is 183 Å². The number of carbonyl (C=O) groups is 1. The molecule has 152 valence electrons. The summed E-state index contributed by atoms with van der Waals surface area (Å²) < 4.78 is 8.08. The molecule has 1 N–H and O–H groups in total. The van der Waals surface area contributed by atoms with Gasteiger partial charge in [-0.3, -0.25) is 4.79 Å². The Morgan fingerprint density at radius 1 is 1.21 bits per heavy atom. The van der Waals surface area contributed by atoms with Gasteiger partial charge in [-0.05, 0) is 53.9 Å². The molecular weight excluding hydrogens is 452 g/mol. The third-order valence-corrected chi connectivity index (χ3v) is 5.94. The molecule has 3 rings (SSSR count). The van der Waals surface area contributed by atoms with E-state index < -0.39 is 0 Å². The number of benzene rings is 2. The second kappa shape index (κ2) is 9.45. The van der Waals surface area contributed by atoms with E-state index in [4.69, 9.17) is 4.74 Å². The van der Waals surface area contributed by atoms with Crippen molar-refractivity contribution in [1.29, 1.82) is 0 Å². The summed E-state index contributed by atoms with van der Waals surface area (Å²) in [6.45, 7) is 4.21. The zero-order chi connectivity index (χ0) is 21.0. The van der Waals surface area contributed by atoms with Gasteiger partial charge in [0.2, 0.25) is 5.91 Å². The van der Waals surface area contributed by atoms with Gasteiger partial charge in [0.25, 0.3) is 0 Å². The first-order chi connectivity index (χ1) is 13.9. The zero-order valence-electron chi connectivity index (χ0n) is 16.8. The number of carbonyl (C=O) groups excluding carboxylic acids is 1. The third kappa shape index (κ3) is 5.19. The zero-order valence-corrected chi connectivity index (χ0v) is 19.2. The third-order valence-electron chi connectivity index (χ3n) is 4.43. The van der Waals surface area contributed by atoms with E-state index in [1.807, 2.05) is 54.1 Å². The van der Waals surface area contributed by atoms with E-state index in [0.717, 1.165) is 32.9 Å². The number of methoxy groups -OCH3 is 1. The summed E-state index contributed by atoms with van der Waals surface area (Å²) in [5.74, 6) is 2.01. The minimum absolute atomic E-state index is 0.0757. The molecule has 0 fully saturated rings. The highest BCUT2D eigenvalue weighted by atomic mass is 79.9. The summed E-state index contributed by atoms with van der Waals surface area (Å²) in [4.78, 5) is 12.5. The Bertz CT molecular complexity index is 1000. The van der Waals surface area contributed by atoms with Crippen LogP contribution in [0.15, 0.2) is 52.1 Å². The van der Waals surface area contributed by atoms with Gasteiger partial charge < -0.3 is 14.6 Å². The Hall–Kier alpha value is -2.32. The van der Waals surface area contributed by atoms with Crippen molar-refractivity contribution in [2.45, 2.75) is 24.9 Å². The van der Waals surface area contributed by atoms with Crippen LogP contribution in [0, 0.1) is 0 Å². The van der Waals surface area contributed by atoms with Crippen molar-refractivity contribution in [2.75, 3.05) is 18.2 Å². The molecule has 0 aliphatic heterocycles. The van der Waals surface area contributed by atoms with Gasteiger partial charge in [0, 0.05) is 22.8 Å². The summed E-state index contributed by atoms with van der Waals surface area (Å²) in [5, 5.41) is 12.2. The maximum Gasteiger partial charge on any atom is 0.234 e. The number of anilines is 1. The van der Waals surface area contributed by atoms with Gasteiger partial charge in [-0.2, -0.15) is 0 Å². The Kier molecular flexibility index (Phi) is 6.97. The highest BCUT2D eigenvalue weighted by molar-refractivity contribution is 9.10. The van der Waals surface area contributed by atoms with Crippen LogP contribution in [-0.4, -0.2) is 33.5 Å². The lowest BCUT2D eigenvalue weighted by molar-refractivity contribution is -0.113. The summed E-state index contributed by atoms with van der Waals surface area (Å²) >= 11 is 4.85. The molecule has 0 unspecified atom stereocenters. The van der Waals surface area contributed by atoms with Crippen LogP contribution in [0.4, 0.5) is 5.69 Å². The maximum atomic E-state index is 12.5. The number of halogens is 1. The number of hydrogen-bond donors (Lipinski definition) is 1. The molecule has 0 bridgehead atoms. The summed E-state index contributed by atoms with van der Waals surface area (Å²) in [7, 11) is 3.53. The van der Waals surface area contributed by atoms with Gasteiger partial charge >= 0.3 is 0 Å². The first-order valence-electron chi connectivity index (χ1n) is 9.15. The quantitative estimate of drug-likeness (QED) is 0.481. The normalized spacial score (nSPS) is 11.0. The van der Waals surface area contributed by atoms with E-state index in [0.29, 0.717) is 11.1 Å². The van der Waals surface area contributed by atoms with Gasteiger partial charge in [-0.1, -0.05) is 41.5 Å². The van der Waals surface area contributed by atoms with Crippen LogP contribution in [0.2, 0.25) is 0 Å². The fourth-order valence-corrected chi connectivity index (χ4v) is 3.96. The average molecular weight is 475 g/mol. The molecule has 6 nitrogen and oxygen atoms in total. The number of rotatable bonds is 7. The van der Waals surface area contributed by atoms with Crippen LogP contribution in [0.5, 0.6) is 5.75 Å². The van der Waals surface area contributed by atoms with Crippen LogP contribution in [0.1, 0.15) is 25.3 Å². The second-order valence-electron chi connectivity index (χ2n) is 6.82. The molecule has 0 saturated heterocycles. The smallest absolute Gasteiger partial charge is 0.234 e. The molecule has 2 aromatic carbocycles. The largest absolute Gasteiger partial charge is 0.497 e. The molecule has 0 aliphatic carbocycles. The number of aromatic nitrogens is 3. The Morgan fingerprint density at radius 3 is 2.59 bits per heavy atom. The van der Waals surface area contributed by atoms with Crippen LogP contribution < -0.4 is 10.1 Å². The minimum Gasteiger partial charge on any atom is -0.497 e. The maximum absolute atomic E-state index is 12.5. The molecule has 0 saturated carbocycles. The fourth-order valence-electron chi connectivity index (χ4n) is 2.87. The van der Waals surface area contributed by atoms with E-state index in [1.165, 1.54) is 11.8 Å². The lowest BCUT2D eigenvalue weighted by Gasteiger charge is -2.14. The van der Waals surface area contributed by atoms with Crippen LogP contribution in [0.3, 0.4) is 0 Å². The van der Waals surface area contributed by atoms with E-state index in [1.54, 1.807) is 7.11 Å². The molecule has 29 heavy (non-hydrogen) atoms. The SMILES string of the molecule is COc1ccc(-c2nnc(SCC(=O)Nc3ccc(Br)cc3C(C)C)n2C)cc1. The van der Waals surface area contributed by atoms with Crippen molar-refractivity contribution in [1.82, 2.24) is 14.8 Å². The topological polar surface area (TPSA) is 69.0 Å². The predicted octanol–water partition coefficient (Wildman–Crippen LogP) is 5.11. The molecule has 3 aromatic rings. The van der Waals surface area contributed by atoms with E-state index in [-0.39, 0.29) is 11.7 Å². The Balaban J connectivity index is 1.66. The van der Waals surface area contributed by atoms with Gasteiger partial charge in [0.05, 0.1) is 12.9 Å². The van der Waals surface area contributed by atoms with Crippen molar-refractivity contribution in [3.8, 4) is 17.1 Å². The standard InChI is InChI=1S/C21H23BrN4O2S/c1-13(2)17-11-15(22)7-10-18(17)23-19(27)12-29-21-25-24-20(26(21)3)14-5-8-16(28-4)9-6-14/h5-11,13H,12H2,1-4H3,(H,23,27). The molecule has 0 aliphatic rings. The highest BCUT2D eigenvalue weighted by Gasteiger charge is 2.15. The van der Waals surface area contributed by atoms with E-state index in [2.05, 4.69) is 45.3 Å². The monoisotopic (exact) mass is 474 g/mol. The van der Waals surface area contributed by atoms with Crippen molar-refractivity contribution >= 4 is 39.3 Å². The summed E-state index contributed by atoms with van der Waals surface area (Å²) in [5.41, 5.74) is 2.87. The van der Waals surface area contributed by atoms with Crippen LogP contribution in [0.25, 0.3) is 11.4 Å². The molecule has 8 heteroatoms. The van der Waals surface area contributed by atoms with E-state index >= 15 is 0 Å². The fraction of sp³-hybridized carbons (Fsp3) is 0.286. The Morgan fingerprint density at radius 2 is 1.93 bits per heavy atom. The first kappa shape index (κ1) is 21.4. The highest BCUT2D eigenvalue weighted by Crippen LogP contribution is 2.28. The number of nitrogens with one attached hydrogen (secondary N) is 1. The molecule has 1 aromatic heterocycles. The van der Waals surface area contributed by atoms with Crippen molar-refractivity contribution < 1.29 is 9.53 Å². The van der Waals surface area contributed by atoms with Crippen molar-refractivity contribution in [3.63, 3.8) is 0 Å². The predicted molar refractivity (Wildman–Crippen MR) is 121 cm³/mol.